The molecular formula is C24H19ClFN3O. The van der Waals surface area contributed by atoms with Crippen LogP contribution in [-0.4, -0.2) is 22.0 Å². The average molecular weight is 420 g/mol. The first kappa shape index (κ1) is 18.8. The minimum absolute atomic E-state index is 0.0166. The summed E-state index contributed by atoms with van der Waals surface area (Å²) >= 11 is 6.42. The van der Waals surface area contributed by atoms with E-state index in [0.29, 0.717) is 30.2 Å². The Balaban J connectivity index is 1.53. The van der Waals surface area contributed by atoms with E-state index in [1.54, 1.807) is 17.0 Å². The second-order valence-electron chi connectivity index (χ2n) is 7.52. The number of carbonyl (C=O) groups excluding carboxylic acids is 1. The van der Waals surface area contributed by atoms with E-state index >= 15 is 0 Å². The largest absolute Gasteiger partial charge is 0.323 e. The fourth-order valence-electron chi connectivity index (χ4n) is 4.12. The van der Waals surface area contributed by atoms with E-state index in [1.165, 1.54) is 12.1 Å². The van der Waals surface area contributed by atoms with E-state index in [0.717, 1.165) is 22.4 Å². The molecule has 6 heteroatoms. The molecule has 5 rings (SSSR count). The number of halogens is 2. The maximum Gasteiger partial charge on any atom is 0.227 e. The Labute approximate surface area is 178 Å². The van der Waals surface area contributed by atoms with Crippen LogP contribution in [0.3, 0.4) is 0 Å². The number of rotatable bonds is 4. The van der Waals surface area contributed by atoms with Gasteiger partial charge in [-0.3, -0.25) is 4.79 Å². The third-order valence-corrected chi connectivity index (χ3v) is 5.97. The average Bonchev–Trinajstić information content (AvgIpc) is 3.31. The van der Waals surface area contributed by atoms with Crippen molar-refractivity contribution in [1.82, 2.24) is 9.55 Å². The Morgan fingerprint density at radius 3 is 2.53 bits per heavy atom. The van der Waals surface area contributed by atoms with E-state index in [9.17, 15) is 9.18 Å². The molecule has 0 saturated carbocycles. The normalized spacial score (nSPS) is 16.5. The van der Waals surface area contributed by atoms with Crippen molar-refractivity contribution >= 4 is 34.2 Å². The number of benzene rings is 3. The molecule has 4 aromatic rings. The van der Waals surface area contributed by atoms with Gasteiger partial charge < -0.3 is 9.47 Å². The summed E-state index contributed by atoms with van der Waals surface area (Å²) in [5, 5.41) is 0.705. The molecule has 3 aromatic carbocycles. The Hall–Kier alpha value is -3.18. The molecule has 4 nitrogen and oxygen atoms in total. The topological polar surface area (TPSA) is 38.1 Å². The number of hydrogen-bond donors (Lipinski definition) is 0. The minimum atomic E-state index is -0.316. The summed E-state index contributed by atoms with van der Waals surface area (Å²) in [6.45, 7) is 1.09. The van der Waals surface area contributed by atoms with E-state index in [-0.39, 0.29) is 17.6 Å². The zero-order valence-corrected chi connectivity index (χ0v) is 16.9. The van der Waals surface area contributed by atoms with Gasteiger partial charge in [-0.05, 0) is 48.0 Å². The van der Waals surface area contributed by atoms with Crippen LogP contribution in [0, 0.1) is 5.82 Å². The monoisotopic (exact) mass is 419 g/mol. The van der Waals surface area contributed by atoms with Crippen LogP contribution < -0.4 is 4.90 Å². The molecule has 0 N–H and O–H groups in total. The predicted octanol–water partition coefficient (Wildman–Crippen LogP) is 5.40. The smallest absolute Gasteiger partial charge is 0.227 e. The van der Waals surface area contributed by atoms with Crippen LogP contribution in [0.2, 0.25) is 5.02 Å². The lowest BCUT2D eigenvalue weighted by molar-refractivity contribution is -0.117. The van der Waals surface area contributed by atoms with E-state index in [1.807, 2.05) is 48.5 Å². The van der Waals surface area contributed by atoms with Gasteiger partial charge in [0.15, 0.2) is 0 Å². The van der Waals surface area contributed by atoms with Crippen LogP contribution in [0.15, 0.2) is 72.8 Å². The highest BCUT2D eigenvalue weighted by Crippen LogP contribution is 2.34. The third-order valence-electron chi connectivity index (χ3n) is 5.60. The van der Waals surface area contributed by atoms with Crippen LogP contribution in [0.25, 0.3) is 11.0 Å². The number of imidazole rings is 1. The Morgan fingerprint density at radius 1 is 1.00 bits per heavy atom. The second kappa shape index (κ2) is 7.58. The highest BCUT2D eigenvalue weighted by Gasteiger charge is 2.35. The van der Waals surface area contributed by atoms with Crippen molar-refractivity contribution in [2.45, 2.75) is 18.9 Å². The van der Waals surface area contributed by atoms with E-state index in [2.05, 4.69) is 4.57 Å². The lowest BCUT2D eigenvalue weighted by Crippen LogP contribution is -2.24. The number of fused-ring (bicyclic) bond motifs is 1. The lowest BCUT2D eigenvalue weighted by Gasteiger charge is -2.17. The van der Waals surface area contributed by atoms with E-state index in [4.69, 9.17) is 16.6 Å². The number of nitrogens with zero attached hydrogens (tertiary/aromatic N) is 3. The fourth-order valence-corrected chi connectivity index (χ4v) is 4.32. The fraction of sp³-hybridized carbons (Fsp3) is 0.167. The second-order valence-corrected chi connectivity index (χ2v) is 7.93. The molecule has 1 atom stereocenters. The SMILES string of the molecule is O=C1C[C@@H](c2nc3ccccc3n2Cc2ccccc2Cl)CN1c1ccc(F)cc1. The van der Waals surface area contributed by atoms with Crippen LogP contribution in [0.1, 0.15) is 23.7 Å². The molecule has 0 spiro atoms. The minimum Gasteiger partial charge on any atom is -0.323 e. The first-order valence-electron chi connectivity index (χ1n) is 9.84. The Kier molecular flexibility index (Phi) is 4.75. The van der Waals surface area contributed by atoms with Gasteiger partial charge in [0.2, 0.25) is 5.91 Å². The molecule has 30 heavy (non-hydrogen) atoms. The van der Waals surface area contributed by atoms with Gasteiger partial charge in [-0.25, -0.2) is 9.37 Å². The van der Waals surface area contributed by atoms with Crippen molar-refractivity contribution in [3.8, 4) is 0 Å². The number of aromatic nitrogens is 2. The van der Waals surface area contributed by atoms with Gasteiger partial charge in [-0.15, -0.1) is 0 Å². The summed E-state index contributed by atoms with van der Waals surface area (Å²) in [5.74, 6) is 0.512. The van der Waals surface area contributed by atoms with E-state index < -0.39 is 0 Å². The molecule has 1 aliphatic heterocycles. The molecule has 0 aliphatic carbocycles. The van der Waals surface area contributed by atoms with Gasteiger partial charge in [0, 0.05) is 29.6 Å². The number of hydrogen-bond acceptors (Lipinski definition) is 2. The lowest BCUT2D eigenvalue weighted by atomic mass is 10.1. The molecule has 1 fully saturated rings. The summed E-state index contributed by atoms with van der Waals surface area (Å²) in [6.07, 6.45) is 0.364. The molecule has 1 aromatic heterocycles. The highest BCUT2D eigenvalue weighted by molar-refractivity contribution is 6.31. The molecular weight excluding hydrogens is 401 g/mol. The molecule has 0 bridgehead atoms. The molecule has 1 amide bonds. The molecule has 0 unspecified atom stereocenters. The van der Waals surface area contributed by atoms with Crippen LogP contribution in [0.5, 0.6) is 0 Å². The number of amides is 1. The van der Waals surface area contributed by atoms with Crippen molar-refractivity contribution in [3.05, 3.63) is 95.0 Å². The summed E-state index contributed by atoms with van der Waals surface area (Å²) in [5.41, 5.74) is 3.62. The highest BCUT2D eigenvalue weighted by atomic mass is 35.5. The number of carbonyl (C=O) groups is 1. The maximum atomic E-state index is 13.3. The first-order chi connectivity index (χ1) is 14.6. The summed E-state index contributed by atoms with van der Waals surface area (Å²) in [4.78, 5) is 19.3. The molecule has 0 radical (unpaired) electrons. The maximum absolute atomic E-state index is 13.3. The van der Waals surface area contributed by atoms with Crippen LogP contribution in [-0.2, 0) is 11.3 Å². The summed E-state index contributed by atoms with van der Waals surface area (Å²) in [7, 11) is 0. The zero-order chi connectivity index (χ0) is 20.7. The molecule has 150 valence electrons. The van der Waals surface area contributed by atoms with Gasteiger partial charge in [-0.1, -0.05) is 41.9 Å². The summed E-state index contributed by atoms with van der Waals surface area (Å²) in [6, 6.07) is 21.8. The third kappa shape index (κ3) is 3.35. The van der Waals surface area contributed by atoms with Crippen LogP contribution >= 0.6 is 11.6 Å². The number of para-hydroxylation sites is 2. The standard InChI is InChI=1S/C24H19ClFN3O/c25-20-6-2-1-5-16(20)14-29-22-8-4-3-7-21(22)27-24(29)17-13-23(30)28(15-17)19-11-9-18(26)10-12-19/h1-12,17H,13-15H2/t17-/m1/s1. The van der Waals surface area contributed by atoms with Crippen molar-refractivity contribution in [2.75, 3.05) is 11.4 Å². The Morgan fingerprint density at radius 2 is 1.73 bits per heavy atom. The molecule has 2 heterocycles. The van der Waals surface area contributed by atoms with Crippen molar-refractivity contribution in [1.29, 1.82) is 0 Å². The number of anilines is 1. The molecule has 1 aliphatic rings. The zero-order valence-electron chi connectivity index (χ0n) is 16.1. The predicted molar refractivity (Wildman–Crippen MR) is 116 cm³/mol. The van der Waals surface area contributed by atoms with Gasteiger partial charge in [0.1, 0.15) is 11.6 Å². The van der Waals surface area contributed by atoms with Gasteiger partial charge in [0.05, 0.1) is 17.6 Å². The van der Waals surface area contributed by atoms with Crippen molar-refractivity contribution in [2.24, 2.45) is 0 Å². The first-order valence-corrected chi connectivity index (χ1v) is 10.2. The van der Waals surface area contributed by atoms with Crippen molar-refractivity contribution < 1.29 is 9.18 Å². The summed E-state index contributed by atoms with van der Waals surface area (Å²) < 4.78 is 15.5. The van der Waals surface area contributed by atoms with Gasteiger partial charge in [-0.2, -0.15) is 0 Å². The molecule has 1 saturated heterocycles. The van der Waals surface area contributed by atoms with Gasteiger partial charge >= 0.3 is 0 Å². The van der Waals surface area contributed by atoms with Crippen molar-refractivity contribution in [3.63, 3.8) is 0 Å². The van der Waals surface area contributed by atoms with Crippen LogP contribution in [0.4, 0.5) is 10.1 Å². The quantitative estimate of drug-likeness (QED) is 0.444. The van der Waals surface area contributed by atoms with Gasteiger partial charge in [0.25, 0.3) is 0 Å². The Bertz CT molecular complexity index is 1230.